The molecule has 0 saturated heterocycles. The highest BCUT2D eigenvalue weighted by atomic mass is 35.5. The summed E-state index contributed by atoms with van der Waals surface area (Å²) < 4.78 is 5.82. The first-order valence-corrected chi connectivity index (χ1v) is 11.9. The van der Waals surface area contributed by atoms with E-state index >= 15 is 0 Å². The number of imidazole rings is 1. The number of hydrogen-bond acceptors (Lipinski definition) is 6. The Hall–Kier alpha value is -3.33. The molecule has 9 heteroatoms. The zero-order valence-electron chi connectivity index (χ0n) is 18.4. The fraction of sp³-hybridized carbons (Fsp3) is 0.160. The molecule has 0 bridgehead atoms. The number of thioether (sulfide) groups is 1. The van der Waals surface area contributed by atoms with Crippen LogP contribution in [-0.4, -0.2) is 36.6 Å². The normalized spacial score (nSPS) is 11.9. The molecule has 3 N–H and O–H groups in total. The first kappa shape index (κ1) is 22.5. The number of Topliss-reactive ketones (excluding diaryl/α,β-unsaturated/α-hetero) is 1. The van der Waals surface area contributed by atoms with Crippen molar-refractivity contribution in [2.45, 2.75) is 24.6 Å². The number of H-pyrrole nitrogens is 2. The van der Waals surface area contributed by atoms with Gasteiger partial charge in [0.25, 0.3) is 0 Å². The van der Waals surface area contributed by atoms with E-state index in [0.717, 1.165) is 10.9 Å². The van der Waals surface area contributed by atoms with E-state index < -0.39 is 5.60 Å². The second-order valence-corrected chi connectivity index (χ2v) is 9.76. The van der Waals surface area contributed by atoms with Crippen LogP contribution in [0.2, 0.25) is 5.02 Å². The van der Waals surface area contributed by atoms with E-state index in [0.29, 0.717) is 43.8 Å². The Labute approximate surface area is 204 Å². The van der Waals surface area contributed by atoms with Crippen molar-refractivity contribution in [2.24, 2.45) is 0 Å². The summed E-state index contributed by atoms with van der Waals surface area (Å²) in [6, 6.07) is 12.6. The molecular weight excluding hydrogens is 472 g/mol. The highest BCUT2D eigenvalue weighted by Crippen LogP contribution is 2.33. The van der Waals surface area contributed by atoms with Crippen molar-refractivity contribution in [3.05, 3.63) is 77.2 Å². The molecule has 0 spiro atoms. The predicted octanol–water partition coefficient (Wildman–Crippen LogP) is 6.09. The van der Waals surface area contributed by atoms with Crippen LogP contribution in [-0.2, 0) is 5.60 Å². The maximum Gasteiger partial charge on any atom is 0.175 e. The minimum absolute atomic E-state index is 0.0293. The molecule has 0 amide bonds. The Morgan fingerprint density at radius 1 is 1.21 bits per heavy atom. The molecule has 5 aromatic rings. The lowest BCUT2D eigenvalue weighted by Gasteiger charge is -2.18. The molecule has 0 saturated carbocycles. The van der Waals surface area contributed by atoms with Gasteiger partial charge < -0.3 is 19.8 Å². The number of carbonyl (C=O) groups is 1. The van der Waals surface area contributed by atoms with Gasteiger partial charge in [0.1, 0.15) is 11.5 Å². The minimum Gasteiger partial charge on any atom is -0.456 e. The van der Waals surface area contributed by atoms with E-state index in [1.165, 1.54) is 11.8 Å². The van der Waals surface area contributed by atoms with Gasteiger partial charge in [-0.05, 0) is 50.2 Å². The Balaban J connectivity index is 1.33. The molecule has 0 aliphatic rings. The van der Waals surface area contributed by atoms with E-state index in [1.54, 1.807) is 50.6 Å². The largest absolute Gasteiger partial charge is 0.456 e. The van der Waals surface area contributed by atoms with E-state index in [2.05, 4.69) is 19.9 Å². The number of rotatable bonds is 7. The number of fused-ring (bicyclic) bond motifs is 2. The van der Waals surface area contributed by atoms with Crippen molar-refractivity contribution in [3.63, 3.8) is 0 Å². The van der Waals surface area contributed by atoms with Crippen molar-refractivity contribution in [3.8, 4) is 11.5 Å². The van der Waals surface area contributed by atoms with Crippen molar-refractivity contribution in [1.29, 1.82) is 0 Å². The van der Waals surface area contributed by atoms with Crippen molar-refractivity contribution in [1.82, 2.24) is 19.9 Å². The van der Waals surface area contributed by atoms with Crippen LogP contribution < -0.4 is 4.74 Å². The summed E-state index contributed by atoms with van der Waals surface area (Å²) in [5, 5.41) is 12.4. The summed E-state index contributed by atoms with van der Waals surface area (Å²) in [4.78, 5) is 27.9. The number of halogens is 1. The van der Waals surface area contributed by atoms with Crippen LogP contribution in [0.25, 0.3) is 21.9 Å². The number of nitrogens with zero attached hydrogens (tertiary/aromatic N) is 2. The number of hydrogen-bond donors (Lipinski definition) is 3. The lowest BCUT2D eigenvalue weighted by Crippen LogP contribution is -2.16. The van der Waals surface area contributed by atoms with Crippen LogP contribution in [0, 0.1) is 0 Å². The van der Waals surface area contributed by atoms with Gasteiger partial charge in [0.15, 0.2) is 10.9 Å². The lowest BCUT2D eigenvalue weighted by atomic mass is 9.97. The summed E-state index contributed by atoms with van der Waals surface area (Å²) in [5.41, 5.74) is 2.33. The molecule has 2 aromatic carbocycles. The highest BCUT2D eigenvalue weighted by molar-refractivity contribution is 7.99. The zero-order valence-corrected chi connectivity index (χ0v) is 20.0. The molecule has 34 heavy (non-hydrogen) atoms. The van der Waals surface area contributed by atoms with Gasteiger partial charge in [0.2, 0.25) is 0 Å². The quantitative estimate of drug-likeness (QED) is 0.188. The monoisotopic (exact) mass is 492 g/mol. The molecule has 0 unspecified atom stereocenters. The van der Waals surface area contributed by atoms with Gasteiger partial charge in [-0.1, -0.05) is 23.4 Å². The van der Waals surface area contributed by atoms with Gasteiger partial charge in [0, 0.05) is 45.5 Å². The van der Waals surface area contributed by atoms with Crippen LogP contribution in [0.15, 0.2) is 66.2 Å². The number of ether oxygens (including phenoxy) is 1. The number of benzene rings is 2. The summed E-state index contributed by atoms with van der Waals surface area (Å²) in [5.74, 6) is 1.46. The fourth-order valence-electron chi connectivity index (χ4n) is 3.76. The van der Waals surface area contributed by atoms with Crippen LogP contribution in [0.1, 0.15) is 29.8 Å². The molecule has 172 valence electrons. The molecule has 3 heterocycles. The van der Waals surface area contributed by atoms with E-state index in [9.17, 15) is 9.90 Å². The molecule has 0 aliphatic heterocycles. The minimum atomic E-state index is -1.09. The summed E-state index contributed by atoms with van der Waals surface area (Å²) in [6.45, 7) is 3.39. The molecule has 0 fully saturated rings. The van der Waals surface area contributed by atoms with Gasteiger partial charge >= 0.3 is 0 Å². The van der Waals surface area contributed by atoms with E-state index in [1.807, 2.05) is 24.3 Å². The molecule has 3 aromatic heterocycles. The second-order valence-electron chi connectivity index (χ2n) is 8.36. The molecule has 7 nitrogen and oxygen atoms in total. The summed E-state index contributed by atoms with van der Waals surface area (Å²) >= 11 is 7.51. The number of aromatic amines is 2. The first-order chi connectivity index (χ1) is 16.3. The van der Waals surface area contributed by atoms with Crippen molar-refractivity contribution < 1.29 is 14.6 Å². The van der Waals surface area contributed by atoms with Crippen LogP contribution in [0.3, 0.4) is 0 Å². The van der Waals surface area contributed by atoms with Gasteiger partial charge in [0.05, 0.1) is 28.6 Å². The molecule has 5 rings (SSSR count). The standard InChI is InChI=1S/C25H21ClN4O3S/c1-25(2,32)19-8-14(26)9-21-23(19)30-24(29-21)34-13-22(31)18-12-28-20-10-15(5-6-17(18)20)33-16-4-3-7-27-11-16/h3-12,28,32H,13H2,1-2H3,(H,29,30). The molecule has 0 aliphatic carbocycles. The number of aliphatic hydroxyl groups is 1. The summed E-state index contributed by atoms with van der Waals surface area (Å²) in [6.07, 6.45) is 5.04. The van der Waals surface area contributed by atoms with Gasteiger partial charge in [-0.2, -0.15) is 0 Å². The maximum atomic E-state index is 13.0. The number of nitrogens with one attached hydrogen (secondary N) is 2. The van der Waals surface area contributed by atoms with Crippen molar-refractivity contribution >= 4 is 51.1 Å². The Morgan fingerprint density at radius 2 is 2.06 bits per heavy atom. The highest BCUT2D eigenvalue weighted by Gasteiger charge is 2.22. The second kappa shape index (κ2) is 8.79. The van der Waals surface area contributed by atoms with Gasteiger partial charge in [-0.3, -0.25) is 9.78 Å². The van der Waals surface area contributed by atoms with Crippen LogP contribution >= 0.6 is 23.4 Å². The van der Waals surface area contributed by atoms with Crippen LogP contribution in [0.4, 0.5) is 0 Å². The van der Waals surface area contributed by atoms with Gasteiger partial charge in [-0.15, -0.1) is 0 Å². The number of carbonyl (C=O) groups excluding carboxylic acids is 1. The smallest absolute Gasteiger partial charge is 0.175 e. The average molecular weight is 493 g/mol. The third-order valence-electron chi connectivity index (χ3n) is 5.36. The number of pyridine rings is 1. The van der Waals surface area contributed by atoms with Crippen LogP contribution in [0.5, 0.6) is 11.5 Å². The maximum absolute atomic E-state index is 13.0. The first-order valence-electron chi connectivity index (χ1n) is 10.5. The zero-order chi connectivity index (χ0) is 23.9. The lowest BCUT2D eigenvalue weighted by molar-refractivity contribution is 0.0800. The van der Waals surface area contributed by atoms with Gasteiger partial charge in [-0.25, -0.2) is 4.98 Å². The number of ketones is 1. The average Bonchev–Trinajstić information content (AvgIpc) is 3.40. The third-order valence-corrected chi connectivity index (χ3v) is 6.45. The molecule has 0 atom stereocenters. The SMILES string of the molecule is CC(C)(O)c1cc(Cl)cc2nc(SCC(=O)c3c[nH]c4cc(Oc5cccnc5)ccc34)[nH]c12. The third kappa shape index (κ3) is 4.52. The number of aromatic nitrogens is 4. The topological polar surface area (TPSA) is 104 Å². The Bertz CT molecular complexity index is 1510. The molecule has 0 radical (unpaired) electrons. The van der Waals surface area contributed by atoms with E-state index in [-0.39, 0.29) is 11.5 Å². The van der Waals surface area contributed by atoms with E-state index in [4.69, 9.17) is 16.3 Å². The van der Waals surface area contributed by atoms with Crippen molar-refractivity contribution in [2.75, 3.05) is 5.75 Å². The molecular formula is C25H21ClN4O3S. The Kier molecular flexibility index (Phi) is 5.81. The summed E-state index contributed by atoms with van der Waals surface area (Å²) in [7, 11) is 0. The fourth-order valence-corrected chi connectivity index (χ4v) is 4.73. The predicted molar refractivity (Wildman–Crippen MR) is 134 cm³/mol. The Morgan fingerprint density at radius 3 is 2.82 bits per heavy atom.